The fourth-order valence-electron chi connectivity index (χ4n) is 3.99. The number of pyridine rings is 1. The van der Waals surface area contributed by atoms with Gasteiger partial charge in [0, 0.05) is 12.2 Å². The van der Waals surface area contributed by atoms with Crippen LogP contribution in [-0.2, 0) is 4.79 Å². The van der Waals surface area contributed by atoms with Crippen molar-refractivity contribution in [1.82, 2.24) is 20.5 Å². The molecule has 6 nitrogen and oxygen atoms in total. The first-order valence-electron chi connectivity index (χ1n) is 9.25. The minimum Gasteiger partial charge on any atom is -0.350 e. The molecule has 0 spiro atoms. The summed E-state index contributed by atoms with van der Waals surface area (Å²) in [6, 6.07) is 3.78. The molecule has 3 atom stereocenters. The number of piperazine rings is 1. The lowest BCUT2D eigenvalue weighted by Crippen LogP contribution is -2.64. The Morgan fingerprint density at radius 3 is 2.84 bits per heavy atom. The number of hydrogen-bond acceptors (Lipinski definition) is 3. The number of nitrogens with one attached hydrogen (secondary N) is 2. The number of nitrogens with zero attached hydrogens (tertiary/aromatic N) is 2. The maximum absolute atomic E-state index is 13.0. The zero-order valence-electron chi connectivity index (χ0n) is 15.3. The molecular weight excluding hydrogens is 316 g/mol. The van der Waals surface area contributed by atoms with Gasteiger partial charge in [0.05, 0.1) is 17.8 Å². The van der Waals surface area contributed by atoms with E-state index in [1.165, 1.54) is 0 Å². The van der Waals surface area contributed by atoms with Gasteiger partial charge < -0.3 is 15.5 Å². The second kappa shape index (κ2) is 7.42. The quantitative estimate of drug-likeness (QED) is 0.885. The van der Waals surface area contributed by atoms with Crippen molar-refractivity contribution < 1.29 is 9.59 Å². The zero-order valence-corrected chi connectivity index (χ0v) is 15.3. The number of fused-ring (bicyclic) bond motifs is 1. The van der Waals surface area contributed by atoms with Crippen molar-refractivity contribution >= 4 is 11.9 Å². The Hall–Kier alpha value is -2.11. The molecule has 25 heavy (non-hydrogen) atoms. The highest BCUT2D eigenvalue weighted by Crippen LogP contribution is 2.27. The molecule has 1 aliphatic heterocycles. The first-order chi connectivity index (χ1) is 12.0. The summed E-state index contributed by atoms with van der Waals surface area (Å²) in [4.78, 5) is 31.3. The molecule has 1 saturated heterocycles. The van der Waals surface area contributed by atoms with Crippen molar-refractivity contribution in [3.63, 3.8) is 0 Å². The molecule has 1 aliphatic carbocycles. The lowest BCUT2D eigenvalue weighted by molar-refractivity contribution is -0.126. The number of aryl methyl sites for hydroxylation is 1. The molecule has 1 aromatic heterocycles. The Labute approximate surface area is 149 Å². The number of aromatic nitrogens is 1. The molecule has 2 aliphatic rings. The van der Waals surface area contributed by atoms with E-state index in [2.05, 4.69) is 29.5 Å². The SMILES string of the molecule is Cc1cccnc1[C@H](NC(=O)N1CC(=O)N[C@H]2CCCC[C@@H]21)C(C)C. The first-order valence-corrected chi connectivity index (χ1v) is 9.25. The smallest absolute Gasteiger partial charge is 0.318 e. The van der Waals surface area contributed by atoms with Crippen LogP contribution < -0.4 is 10.6 Å². The molecule has 2 heterocycles. The van der Waals surface area contributed by atoms with E-state index in [-0.39, 0.29) is 42.5 Å². The van der Waals surface area contributed by atoms with Crippen LogP contribution in [0.25, 0.3) is 0 Å². The predicted molar refractivity (Wildman–Crippen MR) is 96.0 cm³/mol. The summed E-state index contributed by atoms with van der Waals surface area (Å²) in [5.74, 6) is 0.145. The van der Waals surface area contributed by atoms with Gasteiger partial charge in [0.25, 0.3) is 0 Å². The van der Waals surface area contributed by atoms with Crippen LogP contribution in [0.1, 0.15) is 56.8 Å². The minimum atomic E-state index is -0.166. The molecule has 3 rings (SSSR count). The highest BCUT2D eigenvalue weighted by molar-refractivity contribution is 5.86. The third-order valence-electron chi connectivity index (χ3n) is 5.34. The van der Waals surface area contributed by atoms with Crippen molar-refractivity contribution in [2.75, 3.05) is 6.54 Å². The van der Waals surface area contributed by atoms with Gasteiger partial charge in [0.2, 0.25) is 5.91 Å². The van der Waals surface area contributed by atoms with Gasteiger partial charge in [-0.05, 0) is 37.3 Å². The van der Waals surface area contributed by atoms with Crippen LogP contribution in [0.2, 0.25) is 0 Å². The van der Waals surface area contributed by atoms with E-state index >= 15 is 0 Å². The summed E-state index contributed by atoms with van der Waals surface area (Å²) in [5.41, 5.74) is 1.96. The molecule has 3 amide bonds. The van der Waals surface area contributed by atoms with Crippen LogP contribution in [0.3, 0.4) is 0 Å². The van der Waals surface area contributed by atoms with E-state index in [1.54, 1.807) is 11.1 Å². The maximum Gasteiger partial charge on any atom is 0.318 e. The van der Waals surface area contributed by atoms with Crippen molar-refractivity contribution in [3.05, 3.63) is 29.6 Å². The molecule has 6 heteroatoms. The fourth-order valence-corrected chi connectivity index (χ4v) is 3.99. The van der Waals surface area contributed by atoms with Gasteiger partial charge in [-0.2, -0.15) is 0 Å². The van der Waals surface area contributed by atoms with Gasteiger partial charge in [-0.15, -0.1) is 0 Å². The van der Waals surface area contributed by atoms with Crippen LogP contribution >= 0.6 is 0 Å². The number of hydrogen-bond donors (Lipinski definition) is 2. The second-order valence-electron chi connectivity index (χ2n) is 7.53. The van der Waals surface area contributed by atoms with Gasteiger partial charge in [-0.3, -0.25) is 9.78 Å². The van der Waals surface area contributed by atoms with Crippen LogP contribution in [0.4, 0.5) is 4.79 Å². The topological polar surface area (TPSA) is 74.3 Å². The average Bonchev–Trinajstić information content (AvgIpc) is 2.59. The van der Waals surface area contributed by atoms with Gasteiger partial charge in [-0.1, -0.05) is 32.8 Å². The molecule has 2 N–H and O–H groups in total. The molecule has 1 saturated carbocycles. The molecule has 2 fully saturated rings. The summed E-state index contributed by atoms with van der Waals surface area (Å²) < 4.78 is 0. The van der Waals surface area contributed by atoms with Crippen molar-refractivity contribution in [2.45, 2.75) is 64.6 Å². The van der Waals surface area contributed by atoms with Crippen molar-refractivity contribution in [2.24, 2.45) is 5.92 Å². The molecule has 0 radical (unpaired) electrons. The average molecular weight is 344 g/mol. The summed E-state index contributed by atoms with van der Waals surface area (Å²) in [6.07, 6.45) is 5.88. The Balaban J connectivity index is 1.78. The lowest BCUT2D eigenvalue weighted by atomic mass is 9.87. The number of rotatable bonds is 3. The minimum absolute atomic E-state index is 0.0617. The van der Waals surface area contributed by atoms with Crippen LogP contribution in [-0.4, -0.2) is 40.5 Å². The largest absolute Gasteiger partial charge is 0.350 e. The van der Waals surface area contributed by atoms with Crippen LogP contribution in [0.15, 0.2) is 18.3 Å². The second-order valence-corrected chi connectivity index (χ2v) is 7.53. The van der Waals surface area contributed by atoms with E-state index < -0.39 is 0 Å². The third kappa shape index (κ3) is 3.78. The lowest BCUT2D eigenvalue weighted by Gasteiger charge is -2.44. The highest BCUT2D eigenvalue weighted by atomic mass is 16.2. The Morgan fingerprint density at radius 2 is 2.12 bits per heavy atom. The summed E-state index contributed by atoms with van der Waals surface area (Å²) in [7, 11) is 0. The number of urea groups is 1. The van der Waals surface area contributed by atoms with E-state index in [0.29, 0.717) is 0 Å². The number of amides is 3. The van der Waals surface area contributed by atoms with Gasteiger partial charge in [-0.25, -0.2) is 4.79 Å². The predicted octanol–water partition coefficient (Wildman–Crippen LogP) is 2.54. The summed E-state index contributed by atoms with van der Waals surface area (Å²) >= 11 is 0. The summed E-state index contributed by atoms with van der Waals surface area (Å²) in [6.45, 7) is 6.30. The van der Waals surface area contributed by atoms with E-state index in [9.17, 15) is 9.59 Å². The third-order valence-corrected chi connectivity index (χ3v) is 5.34. The molecule has 0 aromatic carbocycles. The van der Waals surface area contributed by atoms with E-state index in [0.717, 1.165) is 36.9 Å². The number of carbonyl (C=O) groups excluding carboxylic acids is 2. The first kappa shape index (κ1) is 17.7. The van der Waals surface area contributed by atoms with Gasteiger partial charge >= 0.3 is 6.03 Å². The molecule has 0 unspecified atom stereocenters. The van der Waals surface area contributed by atoms with E-state index in [4.69, 9.17) is 0 Å². The van der Waals surface area contributed by atoms with Crippen molar-refractivity contribution in [1.29, 1.82) is 0 Å². The normalized spacial score (nSPS) is 24.5. The maximum atomic E-state index is 13.0. The standard InChI is InChI=1S/C19H28N4O2/c1-12(2)17(18-13(3)7-6-10-20-18)22-19(25)23-11-16(24)21-14-8-4-5-9-15(14)23/h6-7,10,12,14-15,17H,4-5,8-9,11H2,1-3H3,(H,21,24)(H,22,25)/t14-,15-,17+/m0/s1. The van der Waals surface area contributed by atoms with Crippen LogP contribution in [0, 0.1) is 12.8 Å². The van der Waals surface area contributed by atoms with Crippen LogP contribution in [0.5, 0.6) is 0 Å². The molecule has 136 valence electrons. The van der Waals surface area contributed by atoms with Gasteiger partial charge in [0.1, 0.15) is 6.54 Å². The Morgan fingerprint density at radius 1 is 1.36 bits per heavy atom. The summed E-state index contributed by atoms with van der Waals surface area (Å²) in [5, 5.41) is 6.19. The number of carbonyl (C=O) groups is 2. The van der Waals surface area contributed by atoms with Crippen molar-refractivity contribution in [3.8, 4) is 0 Å². The zero-order chi connectivity index (χ0) is 18.0. The fraction of sp³-hybridized carbons (Fsp3) is 0.632. The Bertz CT molecular complexity index is 646. The van der Waals surface area contributed by atoms with E-state index in [1.807, 2.05) is 19.1 Å². The van der Waals surface area contributed by atoms with Gasteiger partial charge in [0.15, 0.2) is 0 Å². The Kier molecular flexibility index (Phi) is 5.25. The monoisotopic (exact) mass is 344 g/mol. The molecular formula is C19H28N4O2. The molecule has 0 bridgehead atoms. The molecule has 1 aromatic rings. The highest BCUT2D eigenvalue weighted by Gasteiger charge is 2.39.